The molecule has 0 unspecified atom stereocenters. The monoisotopic (exact) mass is 622 g/mol. The molecule has 0 radical (unpaired) electrons. The fourth-order valence-corrected chi connectivity index (χ4v) is 5.16. The number of benzene rings is 3. The van der Waals surface area contributed by atoms with Crippen LogP contribution in [0.25, 0.3) is 0 Å². The van der Waals surface area contributed by atoms with Crippen molar-refractivity contribution in [2.45, 2.75) is 71.7 Å². The topological polar surface area (TPSA) is 117 Å². The first kappa shape index (κ1) is 33.9. The molecule has 4 rings (SSSR count). The van der Waals surface area contributed by atoms with Crippen molar-refractivity contribution in [1.29, 1.82) is 0 Å². The van der Waals surface area contributed by atoms with Crippen molar-refractivity contribution in [2.24, 2.45) is 5.92 Å². The number of anilines is 2. The number of nitrogens with one attached hydrogen (secondary N) is 3. The zero-order chi connectivity index (χ0) is 33.1. The Labute approximate surface area is 271 Å². The van der Waals surface area contributed by atoms with Gasteiger partial charge in [-0.05, 0) is 67.1 Å². The van der Waals surface area contributed by atoms with E-state index < -0.39 is 18.0 Å². The summed E-state index contributed by atoms with van der Waals surface area (Å²) in [5.41, 5.74) is 5.04. The highest BCUT2D eigenvalue weighted by Crippen LogP contribution is 2.26. The van der Waals surface area contributed by atoms with Gasteiger partial charge in [-0.2, -0.15) is 0 Å². The van der Waals surface area contributed by atoms with Gasteiger partial charge in [0.2, 0.25) is 23.6 Å². The third-order valence-corrected chi connectivity index (χ3v) is 7.77. The molecule has 2 atom stereocenters. The molecule has 1 heterocycles. The molecule has 4 amide bonds. The second kappa shape index (κ2) is 16.4. The summed E-state index contributed by atoms with van der Waals surface area (Å²) < 4.78 is 5.10. The van der Waals surface area contributed by atoms with Crippen LogP contribution in [0.5, 0.6) is 0 Å². The lowest BCUT2D eigenvalue weighted by Crippen LogP contribution is -2.53. The van der Waals surface area contributed by atoms with Crippen LogP contribution >= 0.6 is 0 Å². The van der Waals surface area contributed by atoms with Crippen LogP contribution in [-0.4, -0.2) is 42.8 Å². The van der Waals surface area contributed by atoms with E-state index in [1.165, 1.54) is 0 Å². The molecule has 1 aliphatic heterocycles. The van der Waals surface area contributed by atoms with Crippen molar-refractivity contribution >= 4 is 35.0 Å². The van der Waals surface area contributed by atoms with Gasteiger partial charge in [0, 0.05) is 36.8 Å². The highest BCUT2D eigenvalue weighted by Gasteiger charge is 2.27. The molecule has 0 saturated carbocycles. The van der Waals surface area contributed by atoms with Crippen LogP contribution in [0.3, 0.4) is 0 Å². The van der Waals surface area contributed by atoms with Crippen LogP contribution in [0.2, 0.25) is 0 Å². The fraction of sp³-hybridized carbons (Fsp3) is 0.351. The minimum atomic E-state index is -0.818. The van der Waals surface area contributed by atoms with E-state index >= 15 is 0 Å². The summed E-state index contributed by atoms with van der Waals surface area (Å²) in [5.74, 6) is 5.10. The zero-order valence-electron chi connectivity index (χ0n) is 26.9. The van der Waals surface area contributed by atoms with Crippen molar-refractivity contribution in [3.63, 3.8) is 0 Å². The number of fused-ring (bicyclic) bond motifs is 2. The summed E-state index contributed by atoms with van der Waals surface area (Å²) in [6.45, 7) is 6.15. The summed E-state index contributed by atoms with van der Waals surface area (Å²) in [6, 6.07) is 21.1. The first-order valence-electron chi connectivity index (χ1n) is 15.6. The number of amides is 4. The lowest BCUT2D eigenvalue weighted by atomic mass is 10.0. The number of para-hydroxylation sites is 1. The number of rotatable bonds is 13. The molecule has 3 N–H and O–H groups in total. The standard InChI is InChI=1S/C37H42N4O5/c1-25(2)35(37(45)38-26(3)36(44)39-31-21-17-27(18-22-31)24-46-4)40-33(42)15-9-10-16-34(43)41-23-30-13-6-5-11-28(30)19-20-29-12-7-8-14-32(29)41/h5-8,11-14,17-18,21-22,25-26,35H,9-10,15-16,23-24H2,1-4H3,(H,38,45)(H,39,44)(H,40,42)/t26-,35-/m0/s1. The number of unbranched alkanes of at least 4 members (excludes halogenated alkanes) is 1. The van der Waals surface area contributed by atoms with Crippen LogP contribution < -0.4 is 20.9 Å². The van der Waals surface area contributed by atoms with Gasteiger partial charge in [0.1, 0.15) is 12.1 Å². The number of nitrogens with zero attached hydrogens (tertiary/aromatic N) is 1. The van der Waals surface area contributed by atoms with Crippen molar-refractivity contribution in [2.75, 3.05) is 17.3 Å². The molecule has 3 aromatic carbocycles. The maximum absolute atomic E-state index is 13.4. The lowest BCUT2D eigenvalue weighted by Gasteiger charge is -2.26. The smallest absolute Gasteiger partial charge is 0.246 e. The fourth-order valence-electron chi connectivity index (χ4n) is 5.16. The predicted octanol–water partition coefficient (Wildman–Crippen LogP) is 4.92. The third kappa shape index (κ3) is 9.29. The van der Waals surface area contributed by atoms with Gasteiger partial charge < -0.3 is 25.6 Å². The van der Waals surface area contributed by atoms with E-state index in [1.807, 2.05) is 74.5 Å². The largest absolute Gasteiger partial charge is 0.380 e. The average Bonchev–Trinajstić information content (AvgIpc) is 3.03. The predicted molar refractivity (Wildman–Crippen MR) is 179 cm³/mol. The van der Waals surface area contributed by atoms with Crippen LogP contribution in [0.4, 0.5) is 11.4 Å². The van der Waals surface area contributed by atoms with Crippen LogP contribution in [0.15, 0.2) is 72.8 Å². The Hall–Kier alpha value is -4.94. The Morgan fingerprint density at radius 1 is 0.804 bits per heavy atom. The Kier molecular flexibility index (Phi) is 12.1. The summed E-state index contributed by atoms with van der Waals surface area (Å²) >= 11 is 0. The molecule has 0 aromatic heterocycles. The van der Waals surface area contributed by atoms with Crippen molar-refractivity contribution in [3.05, 3.63) is 95.1 Å². The van der Waals surface area contributed by atoms with Crippen LogP contribution in [0, 0.1) is 17.8 Å². The van der Waals surface area contributed by atoms with E-state index in [1.54, 1.807) is 31.1 Å². The summed E-state index contributed by atoms with van der Waals surface area (Å²) in [4.78, 5) is 53.8. The van der Waals surface area contributed by atoms with Gasteiger partial charge in [-0.15, -0.1) is 0 Å². The van der Waals surface area contributed by atoms with Crippen LogP contribution in [-0.2, 0) is 37.1 Å². The number of carbonyl (C=O) groups excluding carboxylic acids is 4. The first-order valence-corrected chi connectivity index (χ1v) is 15.6. The Balaban J connectivity index is 1.26. The number of methoxy groups -OCH3 is 1. The van der Waals surface area contributed by atoms with E-state index in [9.17, 15) is 19.2 Å². The quantitative estimate of drug-likeness (QED) is 0.185. The number of hydrogen-bond acceptors (Lipinski definition) is 5. The molecule has 9 nitrogen and oxygen atoms in total. The molecule has 9 heteroatoms. The van der Waals surface area contributed by atoms with Crippen molar-refractivity contribution in [3.8, 4) is 11.8 Å². The van der Waals surface area contributed by atoms with Crippen molar-refractivity contribution < 1.29 is 23.9 Å². The summed E-state index contributed by atoms with van der Waals surface area (Å²) in [7, 11) is 1.61. The Bertz CT molecular complexity index is 1610. The second-order valence-electron chi connectivity index (χ2n) is 11.7. The molecule has 0 saturated heterocycles. The zero-order valence-corrected chi connectivity index (χ0v) is 26.9. The molecule has 0 aliphatic carbocycles. The van der Waals surface area contributed by atoms with E-state index in [-0.39, 0.29) is 36.5 Å². The summed E-state index contributed by atoms with van der Waals surface area (Å²) in [5, 5.41) is 8.32. The van der Waals surface area contributed by atoms with E-state index in [0.717, 1.165) is 27.9 Å². The lowest BCUT2D eigenvalue weighted by molar-refractivity contribution is -0.131. The van der Waals surface area contributed by atoms with E-state index in [2.05, 4.69) is 27.8 Å². The Morgan fingerprint density at radius 3 is 2.17 bits per heavy atom. The maximum Gasteiger partial charge on any atom is 0.246 e. The first-order chi connectivity index (χ1) is 22.2. The molecular weight excluding hydrogens is 580 g/mol. The average molecular weight is 623 g/mol. The molecule has 0 fully saturated rings. The molecule has 3 aromatic rings. The van der Waals surface area contributed by atoms with Gasteiger partial charge >= 0.3 is 0 Å². The molecule has 0 bridgehead atoms. The molecule has 0 spiro atoms. The van der Waals surface area contributed by atoms with E-state index in [0.29, 0.717) is 31.7 Å². The number of hydrogen-bond donors (Lipinski definition) is 3. The normalized spacial score (nSPS) is 13.1. The van der Waals surface area contributed by atoms with Gasteiger partial charge in [0.15, 0.2) is 0 Å². The molecule has 46 heavy (non-hydrogen) atoms. The van der Waals surface area contributed by atoms with Crippen LogP contribution in [0.1, 0.15) is 68.7 Å². The minimum Gasteiger partial charge on any atom is -0.380 e. The van der Waals surface area contributed by atoms with Gasteiger partial charge in [-0.3, -0.25) is 19.2 Å². The van der Waals surface area contributed by atoms with Gasteiger partial charge in [0.05, 0.1) is 18.8 Å². The SMILES string of the molecule is COCc1ccc(NC(=O)[C@H](C)NC(=O)[C@@H](NC(=O)CCCCC(=O)N2Cc3ccccc3C#Cc3ccccc32)C(C)C)cc1. The summed E-state index contributed by atoms with van der Waals surface area (Å²) in [6.07, 6.45) is 1.44. The second-order valence-corrected chi connectivity index (χ2v) is 11.7. The Morgan fingerprint density at radius 2 is 1.46 bits per heavy atom. The molecule has 240 valence electrons. The number of ether oxygens (including phenoxy) is 1. The van der Waals surface area contributed by atoms with Gasteiger partial charge in [-0.25, -0.2) is 0 Å². The van der Waals surface area contributed by atoms with Gasteiger partial charge in [-0.1, -0.05) is 68.2 Å². The molecule has 1 aliphatic rings. The van der Waals surface area contributed by atoms with E-state index in [4.69, 9.17) is 4.74 Å². The highest BCUT2D eigenvalue weighted by molar-refractivity contribution is 5.98. The van der Waals surface area contributed by atoms with Gasteiger partial charge in [0.25, 0.3) is 0 Å². The molecular formula is C37H42N4O5. The third-order valence-electron chi connectivity index (χ3n) is 7.77. The maximum atomic E-state index is 13.4. The number of carbonyl (C=O) groups is 4. The highest BCUT2D eigenvalue weighted by atomic mass is 16.5. The van der Waals surface area contributed by atoms with Crippen molar-refractivity contribution in [1.82, 2.24) is 10.6 Å². The minimum absolute atomic E-state index is 0.0380.